The van der Waals surface area contributed by atoms with Crippen molar-refractivity contribution in [2.75, 3.05) is 24.9 Å². The summed E-state index contributed by atoms with van der Waals surface area (Å²) in [6.45, 7) is 1.81. The van der Waals surface area contributed by atoms with Crippen molar-refractivity contribution in [3.05, 3.63) is 47.8 Å². The molecule has 116 valence electrons. The van der Waals surface area contributed by atoms with E-state index in [1.807, 2.05) is 6.92 Å². The summed E-state index contributed by atoms with van der Waals surface area (Å²) in [7, 11) is 3.16. The Balaban J connectivity index is 2.11. The second-order valence-corrected chi connectivity index (χ2v) is 5.05. The van der Waals surface area contributed by atoms with Gasteiger partial charge in [0, 0.05) is 29.6 Å². The molecule has 2 N–H and O–H groups in total. The minimum Gasteiger partial charge on any atom is -0.497 e. The largest absolute Gasteiger partial charge is 0.497 e. The Kier molecular flexibility index (Phi) is 5.16. The first-order chi connectivity index (χ1) is 10.5. The topological polar surface area (TPSA) is 42.5 Å². The van der Waals surface area contributed by atoms with Gasteiger partial charge in [-0.05, 0) is 42.9 Å². The van der Waals surface area contributed by atoms with Crippen LogP contribution in [0.15, 0.2) is 36.4 Å². The van der Waals surface area contributed by atoms with Crippen molar-refractivity contribution in [2.24, 2.45) is 0 Å². The zero-order chi connectivity index (χ0) is 16.1. The van der Waals surface area contributed by atoms with Gasteiger partial charge in [-0.2, -0.15) is 0 Å². The minimum atomic E-state index is -0.278. The molecule has 2 aromatic carbocycles. The number of methoxy groups -OCH3 is 2. The summed E-state index contributed by atoms with van der Waals surface area (Å²) in [5.41, 5.74) is 2.24. The second-order valence-electron chi connectivity index (χ2n) is 4.64. The average Bonchev–Trinajstić information content (AvgIpc) is 2.49. The maximum Gasteiger partial charge on any atom is 0.175 e. The Labute approximate surface area is 134 Å². The van der Waals surface area contributed by atoms with E-state index in [-0.39, 0.29) is 5.82 Å². The molecule has 0 aliphatic rings. The molecule has 0 atom stereocenters. The SMILES string of the molecule is COc1cc(NC(=S)Nc2ccc(F)cc2C)cc(OC)c1. The van der Waals surface area contributed by atoms with Gasteiger partial charge < -0.3 is 20.1 Å². The van der Waals surface area contributed by atoms with E-state index in [1.54, 1.807) is 38.5 Å². The maximum absolute atomic E-state index is 13.1. The van der Waals surface area contributed by atoms with Crippen LogP contribution < -0.4 is 20.1 Å². The molecule has 2 aromatic rings. The van der Waals surface area contributed by atoms with E-state index in [0.29, 0.717) is 16.6 Å². The number of thiocarbonyl (C=S) groups is 1. The molecule has 0 saturated carbocycles. The van der Waals surface area contributed by atoms with Gasteiger partial charge in [-0.25, -0.2) is 4.39 Å². The van der Waals surface area contributed by atoms with Crippen LogP contribution in [0.3, 0.4) is 0 Å². The van der Waals surface area contributed by atoms with Crippen molar-refractivity contribution in [3.8, 4) is 11.5 Å². The lowest BCUT2D eigenvalue weighted by atomic mass is 10.2. The number of hydrogen-bond acceptors (Lipinski definition) is 3. The third kappa shape index (κ3) is 4.08. The van der Waals surface area contributed by atoms with E-state index >= 15 is 0 Å². The van der Waals surface area contributed by atoms with Gasteiger partial charge in [0.1, 0.15) is 17.3 Å². The molecule has 0 heterocycles. The highest BCUT2D eigenvalue weighted by Gasteiger charge is 2.06. The smallest absolute Gasteiger partial charge is 0.175 e. The van der Waals surface area contributed by atoms with Gasteiger partial charge in [-0.15, -0.1) is 0 Å². The Morgan fingerprint density at radius 2 is 1.64 bits per heavy atom. The standard InChI is InChI=1S/C16H17FN2O2S/c1-10-6-11(17)4-5-15(10)19-16(22)18-12-7-13(20-2)9-14(8-12)21-3/h4-9H,1-3H3,(H2,18,19,22). The van der Waals surface area contributed by atoms with Crippen molar-refractivity contribution in [1.82, 2.24) is 0 Å². The van der Waals surface area contributed by atoms with Gasteiger partial charge in [-0.1, -0.05) is 0 Å². The molecule has 0 spiro atoms. The summed E-state index contributed by atoms with van der Waals surface area (Å²) in [5, 5.41) is 6.47. The Bertz CT molecular complexity index is 670. The molecular weight excluding hydrogens is 303 g/mol. The molecule has 0 amide bonds. The first-order valence-electron chi connectivity index (χ1n) is 6.59. The number of ether oxygens (including phenoxy) is 2. The van der Waals surface area contributed by atoms with E-state index in [0.717, 1.165) is 16.9 Å². The van der Waals surface area contributed by atoms with Gasteiger partial charge in [-0.3, -0.25) is 0 Å². The van der Waals surface area contributed by atoms with Crippen molar-refractivity contribution < 1.29 is 13.9 Å². The van der Waals surface area contributed by atoms with Crippen LogP contribution in [-0.2, 0) is 0 Å². The van der Waals surface area contributed by atoms with E-state index < -0.39 is 0 Å². The minimum absolute atomic E-state index is 0.278. The van der Waals surface area contributed by atoms with Crippen molar-refractivity contribution in [1.29, 1.82) is 0 Å². The number of halogens is 1. The Hall–Kier alpha value is -2.34. The highest BCUT2D eigenvalue weighted by Crippen LogP contribution is 2.26. The maximum atomic E-state index is 13.1. The zero-order valence-corrected chi connectivity index (χ0v) is 13.4. The zero-order valence-electron chi connectivity index (χ0n) is 12.6. The molecule has 6 heteroatoms. The molecule has 0 aliphatic carbocycles. The molecule has 22 heavy (non-hydrogen) atoms. The molecule has 0 radical (unpaired) electrons. The van der Waals surface area contributed by atoms with Crippen LogP contribution in [0.5, 0.6) is 11.5 Å². The number of aryl methyl sites for hydroxylation is 1. The molecular formula is C16H17FN2O2S. The number of benzene rings is 2. The van der Waals surface area contributed by atoms with Crippen LogP contribution in [-0.4, -0.2) is 19.3 Å². The third-order valence-electron chi connectivity index (χ3n) is 3.05. The molecule has 0 saturated heterocycles. The van der Waals surface area contributed by atoms with Gasteiger partial charge >= 0.3 is 0 Å². The Morgan fingerprint density at radius 3 is 2.18 bits per heavy atom. The lowest BCUT2D eigenvalue weighted by molar-refractivity contribution is 0.395. The summed E-state index contributed by atoms with van der Waals surface area (Å²) >= 11 is 5.27. The van der Waals surface area contributed by atoms with Gasteiger partial charge in [0.15, 0.2) is 5.11 Å². The summed E-state index contributed by atoms with van der Waals surface area (Å²) in [5.74, 6) is 1.03. The lowest BCUT2D eigenvalue weighted by Gasteiger charge is -2.14. The normalized spacial score (nSPS) is 10.0. The fraction of sp³-hybridized carbons (Fsp3) is 0.188. The predicted molar refractivity (Wildman–Crippen MR) is 90.5 cm³/mol. The summed E-state index contributed by atoms with van der Waals surface area (Å²) < 4.78 is 23.5. The van der Waals surface area contributed by atoms with Crippen molar-refractivity contribution in [3.63, 3.8) is 0 Å². The molecule has 4 nitrogen and oxygen atoms in total. The molecule has 0 aliphatic heterocycles. The van der Waals surface area contributed by atoms with Crippen molar-refractivity contribution >= 4 is 28.7 Å². The molecule has 2 rings (SSSR count). The number of anilines is 2. The first kappa shape index (κ1) is 16.0. The molecule has 0 fully saturated rings. The predicted octanol–water partition coefficient (Wildman–Crippen LogP) is 3.96. The molecule has 0 unspecified atom stereocenters. The summed E-state index contributed by atoms with van der Waals surface area (Å²) in [4.78, 5) is 0. The van der Waals surface area contributed by atoms with Crippen LogP contribution in [0.4, 0.5) is 15.8 Å². The second kappa shape index (κ2) is 7.09. The molecule has 0 bridgehead atoms. The number of hydrogen-bond donors (Lipinski definition) is 2. The highest BCUT2D eigenvalue weighted by molar-refractivity contribution is 7.80. The van der Waals surface area contributed by atoms with Crippen LogP contribution in [0.1, 0.15) is 5.56 Å². The van der Waals surface area contributed by atoms with E-state index in [1.165, 1.54) is 12.1 Å². The quantitative estimate of drug-likeness (QED) is 0.835. The van der Waals surface area contributed by atoms with Gasteiger partial charge in [0.25, 0.3) is 0 Å². The number of nitrogens with one attached hydrogen (secondary N) is 2. The number of rotatable bonds is 4. The fourth-order valence-corrected chi connectivity index (χ4v) is 2.16. The summed E-state index contributed by atoms with van der Waals surface area (Å²) in [6, 6.07) is 9.84. The lowest BCUT2D eigenvalue weighted by Crippen LogP contribution is -2.19. The van der Waals surface area contributed by atoms with Gasteiger partial charge in [0.05, 0.1) is 14.2 Å². The monoisotopic (exact) mass is 320 g/mol. The Morgan fingerprint density at radius 1 is 1.00 bits per heavy atom. The summed E-state index contributed by atoms with van der Waals surface area (Å²) in [6.07, 6.45) is 0. The van der Waals surface area contributed by atoms with E-state index in [9.17, 15) is 4.39 Å². The van der Waals surface area contributed by atoms with Crippen LogP contribution in [0.25, 0.3) is 0 Å². The van der Waals surface area contributed by atoms with E-state index in [4.69, 9.17) is 21.7 Å². The van der Waals surface area contributed by atoms with Crippen LogP contribution >= 0.6 is 12.2 Å². The molecule has 0 aromatic heterocycles. The van der Waals surface area contributed by atoms with Crippen molar-refractivity contribution in [2.45, 2.75) is 6.92 Å². The average molecular weight is 320 g/mol. The third-order valence-corrected chi connectivity index (χ3v) is 3.25. The van der Waals surface area contributed by atoms with Crippen LogP contribution in [0, 0.1) is 12.7 Å². The first-order valence-corrected chi connectivity index (χ1v) is 7.00. The van der Waals surface area contributed by atoms with Gasteiger partial charge in [0.2, 0.25) is 0 Å². The highest BCUT2D eigenvalue weighted by atomic mass is 32.1. The van der Waals surface area contributed by atoms with Crippen LogP contribution in [0.2, 0.25) is 0 Å². The fourth-order valence-electron chi connectivity index (χ4n) is 1.93. The van der Waals surface area contributed by atoms with E-state index in [2.05, 4.69) is 10.6 Å².